The summed E-state index contributed by atoms with van der Waals surface area (Å²) in [6.45, 7) is 2.83. The Morgan fingerprint density at radius 2 is 2.06 bits per heavy atom. The number of carbonyl (C=O) groups is 1. The second kappa shape index (κ2) is 4.82. The Morgan fingerprint density at radius 1 is 1.35 bits per heavy atom. The number of nitrogens with two attached hydrogens (primary N) is 1. The number of hydrogen-bond donors (Lipinski definition) is 1. The first-order valence-electron chi connectivity index (χ1n) is 5.59. The van der Waals surface area contributed by atoms with Gasteiger partial charge < -0.3 is 5.73 Å². The van der Waals surface area contributed by atoms with E-state index in [1.165, 1.54) is 0 Å². The van der Waals surface area contributed by atoms with E-state index in [-0.39, 0.29) is 5.78 Å². The van der Waals surface area contributed by atoms with Crippen LogP contribution in [0.1, 0.15) is 22.8 Å². The average Bonchev–Trinajstić information content (AvgIpc) is 2.77. The number of ketones is 1. The lowest BCUT2D eigenvalue weighted by Gasteiger charge is -1.99. The number of hydrogen-bond acceptors (Lipinski definition) is 3. The standard InChI is InChI=1S/C13H15N3O/c1-2-16-9-10(8-15-16)7-13(17)11-3-5-12(14)6-4-11/h3-6,8-9H,2,7,14H2,1H3. The first-order chi connectivity index (χ1) is 8.19. The van der Waals surface area contributed by atoms with Gasteiger partial charge in [-0.15, -0.1) is 0 Å². The Kier molecular flexibility index (Phi) is 3.23. The zero-order valence-electron chi connectivity index (χ0n) is 9.76. The molecule has 4 heteroatoms. The summed E-state index contributed by atoms with van der Waals surface area (Å²) in [5.74, 6) is 0.0839. The summed E-state index contributed by atoms with van der Waals surface area (Å²) >= 11 is 0. The maximum atomic E-state index is 11.9. The summed E-state index contributed by atoms with van der Waals surface area (Å²) in [6, 6.07) is 6.98. The third-order valence-corrected chi connectivity index (χ3v) is 2.61. The number of aromatic nitrogens is 2. The molecule has 0 aliphatic carbocycles. The number of benzene rings is 1. The molecule has 2 N–H and O–H groups in total. The lowest BCUT2D eigenvalue weighted by Crippen LogP contribution is -2.03. The summed E-state index contributed by atoms with van der Waals surface area (Å²) in [7, 11) is 0. The minimum Gasteiger partial charge on any atom is -0.399 e. The summed E-state index contributed by atoms with van der Waals surface area (Å²) in [5, 5.41) is 4.14. The van der Waals surface area contributed by atoms with Gasteiger partial charge in [-0.1, -0.05) is 0 Å². The van der Waals surface area contributed by atoms with Crippen LogP contribution in [0.2, 0.25) is 0 Å². The molecule has 0 atom stereocenters. The van der Waals surface area contributed by atoms with Crippen molar-refractivity contribution in [3.05, 3.63) is 47.8 Å². The molecule has 1 aromatic carbocycles. The second-order valence-electron chi connectivity index (χ2n) is 3.93. The Morgan fingerprint density at radius 3 is 2.65 bits per heavy atom. The van der Waals surface area contributed by atoms with Crippen LogP contribution in [0.3, 0.4) is 0 Å². The topological polar surface area (TPSA) is 60.9 Å². The molecule has 0 saturated carbocycles. The molecular formula is C13H15N3O. The molecule has 0 fully saturated rings. The fourth-order valence-corrected chi connectivity index (χ4v) is 1.63. The molecule has 0 aliphatic heterocycles. The van der Waals surface area contributed by atoms with E-state index in [4.69, 9.17) is 5.73 Å². The Hall–Kier alpha value is -2.10. The van der Waals surface area contributed by atoms with Crippen molar-refractivity contribution in [3.63, 3.8) is 0 Å². The summed E-state index contributed by atoms with van der Waals surface area (Å²) < 4.78 is 1.81. The van der Waals surface area contributed by atoms with Gasteiger partial charge in [0.2, 0.25) is 0 Å². The SMILES string of the molecule is CCn1cc(CC(=O)c2ccc(N)cc2)cn1. The van der Waals surface area contributed by atoms with E-state index in [0.29, 0.717) is 17.7 Å². The predicted molar refractivity (Wildman–Crippen MR) is 66.8 cm³/mol. The predicted octanol–water partition coefficient (Wildman–Crippen LogP) is 1.91. The Bertz CT molecular complexity index is 514. The quantitative estimate of drug-likeness (QED) is 0.643. The largest absolute Gasteiger partial charge is 0.399 e. The van der Waals surface area contributed by atoms with Gasteiger partial charge in [-0.25, -0.2) is 0 Å². The first kappa shape index (κ1) is 11.4. The average molecular weight is 229 g/mol. The van der Waals surface area contributed by atoms with Crippen LogP contribution in [0.25, 0.3) is 0 Å². The highest BCUT2D eigenvalue weighted by atomic mass is 16.1. The molecule has 0 bridgehead atoms. The number of nitrogen functional groups attached to an aromatic ring is 1. The van der Waals surface area contributed by atoms with Crippen molar-refractivity contribution in [2.24, 2.45) is 0 Å². The molecule has 0 aliphatic rings. The molecule has 0 radical (unpaired) electrons. The number of anilines is 1. The molecule has 17 heavy (non-hydrogen) atoms. The van der Waals surface area contributed by atoms with Crippen molar-refractivity contribution < 1.29 is 4.79 Å². The van der Waals surface area contributed by atoms with Crippen molar-refractivity contribution in [3.8, 4) is 0 Å². The summed E-state index contributed by atoms with van der Waals surface area (Å²) in [4.78, 5) is 11.9. The third kappa shape index (κ3) is 2.72. The van der Waals surface area contributed by atoms with Gasteiger partial charge in [-0.05, 0) is 36.8 Å². The van der Waals surface area contributed by atoms with Crippen molar-refractivity contribution in [2.45, 2.75) is 19.9 Å². The van der Waals surface area contributed by atoms with Crippen molar-refractivity contribution in [1.29, 1.82) is 0 Å². The van der Waals surface area contributed by atoms with E-state index in [1.54, 1.807) is 30.5 Å². The lowest BCUT2D eigenvalue weighted by molar-refractivity contribution is 0.0993. The van der Waals surface area contributed by atoms with Gasteiger partial charge >= 0.3 is 0 Å². The molecule has 0 unspecified atom stereocenters. The minimum atomic E-state index is 0.0839. The van der Waals surface area contributed by atoms with E-state index < -0.39 is 0 Å². The molecule has 4 nitrogen and oxygen atoms in total. The number of rotatable bonds is 4. The molecule has 1 aromatic heterocycles. The van der Waals surface area contributed by atoms with Gasteiger partial charge in [0, 0.05) is 30.4 Å². The van der Waals surface area contributed by atoms with Crippen molar-refractivity contribution in [1.82, 2.24) is 9.78 Å². The van der Waals surface area contributed by atoms with Gasteiger partial charge in [-0.2, -0.15) is 5.10 Å². The normalized spacial score (nSPS) is 10.4. The van der Waals surface area contributed by atoms with E-state index >= 15 is 0 Å². The highest BCUT2D eigenvalue weighted by molar-refractivity contribution is 5.97. The van der Waals surface area contributed by atoms with Crippen LogP contribution in [0.15, 0.2) is 36.7 Å². The molecule has 2 aromatic rings. The Balaban J connectivity index is 2.08. The second-order valence-corrected chi connectivity index (χ2v) is 3.93. The molecule has 0 amide bonds. The lowest BCUT2D eigenvalue weighted by atomic mass is 10.1. The molecule has 0 saturated heterocycles. The molecule has 0 spiro atoms. The van der Waals surface area contributed by atoms with Crippen LogP contribution in [-0.2, 0) is 13.0 Å². The smallest absolute Gasteiger partial charge is 0.167 e. The van der Waals surface area contributed by atoms with E-state index in [2.05, 4.69) is 5.10 Å². The first-order valence-corrected chi connectivity index (χ1v) is 5.59. The zero-order valence-corrected chi connectivity index (χ0v) is 9.76. The Labute approximate surface area is 100 Å². The molecule has 1 heterocycles. The molecular weight excluding hydrogens is 214 g/mol. The number of carbonyl (C=O) groups excluding carboxylic acids is 1. The maximum Gasteiger partial charge on any atom is 0.167 e. The maximum absolute atomic E-state index is 11.9. The van der Waals surface area contributed by atoms with Gasteiger partial charge in [-0.3, -0.25) is 9.48 Å². The van der Waals surface area contributed by atoms with Gasteiger partial charge in [0.05, 0.1) is 6.20 Å². The fraction of sp³-hybridized carbons (Fsp3) is 0.231. The molecule has 88 valence electrons. The zero-order chi connectivity index (χ0) is 12.3. The summed E-state index contributed by atoms with van der Waals surface area (Å²) in [5.41, 5.74) is 7.87. The van der Waals surface area contributed by atoms with Crippen LogP contribution < -0.4 is 5.73 Å². The van der Waals surface area contributed by atoms with Crippen molar-refractivity contribution in [2.75, 3.05) is 5.73 Å². The van der Waals surface area contributed by atoms with Gasteiger partial charge in [0.15, 0.2) is 5.78 Å². The number of nitrogens with zero attached hydrogens (tertiary/aromatic N) is 2. The van der Waals surface area contributed by atoms with Gasteiger partial charge in [0.25, 0.3) is 0 Å². The monoisotopic (exact) mass is 229 g/mol. The highest BCUT2D eigenvalue weighted by Gasteiger charge is 2.08. The van der Waals surface area contributed by atoms with E-state index in [1.807, 2.05) is 17.8 Å². The van der Waals surface area contributed by atoms with Crippen molar-refractivity contribution >= 4 is 11.5 Å². The van der Waals surface area contributed by atoms with Crippen LogP contribution in [-0.4, -0.2) is 15.6 Å². The fourth-order valence-electron chi connectivity index (χ4n) is 1.63. The number of Topliss-reactive ketones (excluding diaryl/α,β-unsaturated/α-hetero) is 1. The van der Waals surface area contributed by atoms with Crippen LogP contribution >= 0.6 is 0 Å². The van der Waals surface area contributed by atoms with Crippen LogP contribution in [0, 0.1) is 0 Å². The number of aryl methyl sites for hydroxylation is 1. The highest BCUT2D eigenvalue weighted by Crippen LogP contribution is 2.09. The van der Waals surface area contributed by atoms with E-state index in [0.717, 1.165) is 12.1 Å². The summed E-state index contributed by atoms with van der Waals surface area (Å²) in [6.07, 6.45) is 4.01. The van der Waals surface area contributed by atoms with Crippen LogP contribution in [0.4, 0.5) is 5.69 Å². The third-order valence-electron chi connectivity index (χ3n) is 2.61. The molecule has 2 rings (SSSR count). The van der Waals surface area contributed by atoms with Gasteiger partial charge in [0.1, 0.15) is 0 Å². The minimum absolute atomic E-state index is 0.0839. The van der Waals surface area contributed by atoms with Crippen LogP contribution in [0.5, 0.6) is 0 Å². The van der Waals surface area contributed by atoms with E-state index in [9.17, 15) is 4.79 Å².